The molecule has 0 saturated carbocycles. The summed E-state index contributed by atoms with van der Waals surface area (Å²) in [5, 5.41) is 19.1. The third-order valence-corrected chi connectivity index (χ3v) is 2.61. The molecule has 5 heteroatoms. The van der Waals surface area contributed by atoms with Crippen molar-refractivity contribution in [2.75, 3.05) is 0 Å². The number of aromatic carboxylic acids is 1. The highest BCUT2D eigenvalue weighted by Gasteiger charge is 2.20. The molecule has 0 aliphatic heterocycles. The highest BCUT2D eigenvalue weighted by Crippen LogP contribution is 2.25. The molecule has 0 unspecified atom stereocenters. The number of carbonyl (C=O) groups is 1. The molecule has 1 aromatic heterocycles. The van der Waals surface area contributed by atoms with Crippen LogP contribution in [0.4, 0.5) is 0 Å². The van der Waals surface area contributed by atoms with Gasteiger partial charge in [0, 0.05) is 5.39 Å². The van der Waals surface area contributed by atoms with E-state index >= 15 is 0 Å². The predicted octanol–water partition coefficient (Wildman–Crippen LogP) is 1.04. The number of pyridine rings is 1. The molecule has 0 fully saturated rings. The van der Waals surface area contributed by atoms with Crippen LogP contribution in [-0.4, -0.2) is 20.7 Å². The summed E-state index contributed by atoms with van der Waals surface area (Å²) in [4.78, 5) is 23.0. The van der Waals surface area contributed by atoms with E-state index in [1.165, 1.54) is 6.07 Å². The van der Waals surface area contributed by atoms with Crippen LogP contribution in [0.5, 0.6) is 5.75 Å². The molecule has 0 bridgehead atoms. The first-order valence-electron chi connectivity index (χ1n) is 5.09. The molecule has 0 aliphatic rings. The molecule has 0 radical (unpaired) electrons. The van der Waals surface area contributed by atoms with Gasteiger partial charge in [-0.2, -0.15) is 0 Å². The van der Waals surface area contributed by atoms with Gasteiger partial charge in [-0.15, -0.1) is 6.42 Å². The van der Waals surface area contributed by atoms with Crippen molar-refractivity contribution < 1.29 is 15.0 Å². The molecule has 2 aromatic rings. The third kappa shape index (κ3) is 1.60. The molecule has 0 saturated heterocycles. The molecule has 0 spiro atoms. The fourth-order valence-electron chi connectivity index (χ4n) is 1.83. The van der Waals surface area contributed by atoms with Gasteiger partial charge in [0.1, 0.15) is 5.75 Å². The van der Waals surface area contributed by atoms with Crippen LogP contribution >= 0.6 is 0 Å². The fraction of sp³-hybridized carbons (Fsp3) is 0.0769. The van der Waals surface area contributed by atoms with Crippen LogP contribution in [-0.2, 0) is 6.54 Å². The maximum atomic E-state index is 12.0. The van der Waals surface area contributed by atoms with E-state index in [0.717, 1.165) is 4.57 Å². The van der Waals surface area contributed by atoms with Gasteiger partial charge in [0.15, 0.2) is 5.56 Å². The summed E-state index contributed by atoms with van der Waals surface area (Å²) >= 11 is 0. The number of carboxylic acids is 1. The monoisotopic (exact) mass is 243 g/mol. The zero-order chi connectivity index (χ0) is 13.3. The van der Waals surface area contributed by atoms with Crippen LogP contribution in [0.25, 0.3) is 10.9 Å². The Morgan fingerprint density at radius 1 is 1.39 bits per heavy atom. The lowest BCUT2D eigenvalue weighted by Gasteiger charge is -2.10. The standard InChI is InChI=1S/C13H9NO4/c1-2-7-14-9-6-4-3-5-8(9)11(15)10(12(14)16)13(17)18/h1,3-6,15H,7H2,(H,17,18). The van der Waals surface area contributed by atoms with E-state index < -0.39 is 22.8 Å². The number of aromatic nitrogens is 1. The van der Waals surface area contributed by atoms with Gasteiger partial charge in [0.25, 0.3) is 5.56 Å². The maximum Gasteiger partial charge on any atom is 0.345 e. The summed E-state index contributed by atoms with van der Waals surface area (Å²) in [5.74, 6) is 0.282. The third-order valence-electron chi connectivity index (χ3n) is 2.61. The van der Waals surface area contributed by atoms with Crippen LogP contribution in [0.2, 0.25) is 0 Å². The van der Waals surface area contributed by atoms with Crippen LogP contribution in [0.3, 0.4) is 0 Å². The Hall–Kier alpha value is -2.74. The number of hydrogen-bond donors (Lipinski definition) is 2. The molecule has 2 rings (SSSR count). The van der Waals surface area contributed by atoms with Gasteiger partial charge in [-0.25, -0.2) is 4.79 Å². The number of aromatic hydroxyl groups is 1. The van der Waals surface area contributed by atoms with E-state index in [1.54, 1.807) is 18.2 Å². The summed E-state index contributed by atoms with van der Waals surface area (Å²) < 4.78 is 1.15. The minimum Gasteiger partial charge on any atom is -0.506 e. The van der Waals surface area contributed by atoms with E-state index in [-0.39, 0.29) is 11.9 Å². The average molecular weight is 243 g/mol. The Kier molecular flexibility index (Phi) is 2.78. The predicted molar refractivity (Wildman–Crippen MR) is 65.7 cm³/mol. The quantitative estimate of drug-likeness (QED) is 0.772. The lowest BCUT2D eigenvalue weighted by atomic mass is 10.1. The largest absolute Gasteiger partial charge is 0.506 e. The number of para-hydroxylation sites is 1. The van der Waals surface area contributed by atoms with Gasteiger partial charge in [-0.05, 0) is 12.1 Å². The summed E-state index contributed by atoms with van der Waals surface area (Å²) in [6, 6.07) is 6.44. The van der Waals surface area contributed by atoms with Crippen molar-refractivity contribution in [1.29, 1.82) is 0 Å². The Balaban J connectivity index is 3.02. The van der Waals surface area contributed by atoms with Gasteiger partial charge in [-0.1, -0.05) is 18.1 Å². The Bertz CT molecular complexity index is 737. The van der Waals surface area contributed by atoms with Crippen LogP contribution in [0.15, 0.2) is 29.1 Å². The zero-order valence-corrected chi connectivity index (χ0v) is 9.25. The SMILES string of the molecule is C#CCn1c(=O)c(C(=O)O)c(O)c2ccccc21. The van der Waals surface area contributed by atoms with Crippen LogP contribution in [0, 0.1) is 12.3 Å². The summed E-state index contributed by atoms with van der Waals surface area (Å²) in [6.07, 6.45) is 5.17. The van der Waals surface area contributed by atoms with Gasteiger partial charge in [0.05, 0.1) is 12.1 Å². The van der Waals surface area contributed by atoms with Gasteiger partial charge < -0.3 is 10.2 Å². The number of rotatable bonds is 2. The molecule has 0 aliphatic carbocycles. The van der Waals surface area contributed by atoms with Crippen molar-refractivity contribution in [2.24, 2.45) is 0 Å². The second kappa shape index (κ2) is 4.26. The Morgan fingerprint density at radius 2 is 2.06 bits per heavy atom. The van der Waals surface area contributed by atoms with Crippen molar-refractivity contribution in [1.82, 2.24) is 4.57 Å². The molecule has 90 valence electrons. The minimum absolute atomic E-state index is 0.0556. The van der Waals surface area contributed by atoms with Crippen molar-refractivity contribution in [3.05, 3.63) is 40.2 Å². The van der Waals surface area contributed by atoms with Gasteiger partial charge >= 0.3 is 5.97 Å². The lowest BCUT2D eigenvalue weighted by Crippen LogP contribution is -2.26. The number of fused-ring (bicyclic) bond motifs is 1. The summed E-state index contributed by atoms with van der Waals surface area (Å²) in [5.41, 5.74) is -1.07. The van der Waals surface area contributed by atoms with Crippen molar-refractivity contribution in [3.8, 4) is 18.1 Å². The molecule has 1 heterocycles. The number of hydrogen-bond acceptors (Lipinski definition) is 3. The number of terminal acetylenes is 1. The number of benzene rings is 1. The minimum atomic E-state index is -1.48. The molecule has 1 aromatic carbocycles. The highest BCUT2D eigenvalue weighted by molar-refractivity contribution is 5.98. The molecule has 0 atom stereocenters. The molecule has 2 N–H and O–H groups in total. The van der Waals surface area contributed by atoms with Gasteiger partial charge in [-0.3, -0.25) is 9.36 Å². The molecule has 5 nitrogen and oxygen atoms in total. The summed E-state index contributed by atoms with van der Waals surface area (Å²) in [6.45, 7) is -0.0556. The molecular formula is C13H9NO4. The second-order valence-corrected chi connectivity index (χ2v) is 3.64. The Morgan fingerprint density at radius 3 is 2.67 bits per heavy atom. The number of carboxylic acid groups (broad SMARTS) is 1. The second-order valence-electron chi connectivity index (χ2n) is 3.64. The first kappa shape index (κ1) is 11.7. The first-order valence-corrected chi connectivity index (χ1v) is 5.09. The molecule has 0 amide bonds. The smallest absolute Gasteiger partial charge is 0.345 e. The van der Waals surface area contributed by atoms with E-state index in [4.69, 9.17) is 11.5 Å². The summed E-state index contributed by atoms with van der Waals surface area (Å²) in [7, 11) is 0. The zero-order valence-electron chi connectivity index (χ0n) is 9.25. The van der Waals surface area contributed by atoms with E-state index in [1.807, 2.05) is 0 Å². The topological polar surface area (TPSA) is 79.5 Å². The van der Waals surface area contributed by atoms with Crippen molar-refractivity contribution >= 4 is 16.9 Å². The van der Waals surface area contributed by atoms with E-state index in [0.29, 0.717) is 5.52 Å². The van der Waals surface area contributed by atoms with E-state index in [2.05, 4.69) is 5.92 Å². The van der Waals surface area contributed by atoms with Gasteiger partial charge in [0.2, 0.25) is 0 Å². The average Bonchev–Trinajstić information content (AvgIpc) is 2.34. The first-order chi connectivity index (χ1) is 8.57. The highest BCUT2D eigenvalue weighted by atomic mass is 16.4. The van der Waals surface area contributed by atoms with Crippen LogP contribution in [0.1, 0.15) is 10.4 Å². The molecular weight excluding hydrogens is 234 g/mol. The fourth-order valence-corrected chi connectivity index (χ4v) is 1.83. The lowest BCUT2D eigenvalue weighted by molar-refractivity contribution is 0.0691. The van der Waals surface area contributed by atoms with Crippen LogP contribution < -0.4 is 5.56 Å². The van der Waals surface area contributed by atoms with E-state index in [9.17, 15) is 14.7 Å². The van der Waals surface area contributed by atoms with Crippen molar-refractivity contribution in [3.63, 3.8) is 0 Å². The maximum absolute atomic E-state index is 12.0. The Labute approximate surface area is 102 Å². The normalized spacial score (nSPS) is 10.2. The molecule has 18 heavy (non-hydrogen) atoms. The number of nitrogens with zero attached hydrogens (tertiary/aromatic N) is 1. The van der Waals surface area contributed by atoms with Crippen molar-refractivity contribution in [2.45, 2.75) is 6.54 Å².